The number of aromatic nitrogens is 4. The topological polar surface area (TPSA) is 60.1 Å². The van der Waals surface area contributed by atoms with Gasteiger partial charge in [0.05, 0.1) is 11.3 Å². The van der Waals surface area contributed by atoms with Crippen molar-refractivity contribution in [3.63, 3.8) is 0 Å². The second-order valence-electron chi connectivity index (χ2n) is 7.00. The van der Waals surface area contributed by atoms with Crippen LogP contribution in [-0.4, -0.2) is 25.4 Å². The second kappa shape index (κ2) is 7.14. The minimum atomic E-state index is 0.138. The first-order valence-corrected chi connectivity index (χ1v) is 11.0. The molecule has 3 heterocycles. The third-order valence-electron chi connectivity index (χ3n) is 5.13. The smallest absolute Gasteiger partial charge is 0.253 e. The van der Waals surface area contributed by atoms with Crippen molar-refractivity contribution in [2.45, 2.75) is 36.6 Å². The number of nitrogens with zero attached hydrogens (tertiary/aromatic N) is 4. The SMILES string of the molecule is Cc1ccccc1CSc1nc2nc3c(cn2n1)C(=O)CC(c1cccs1)C3. The van der Waals surface area contributed by atoms with Crippen molar-refractivity contribution in [2.24, 2.45) is 0 Å². The van der Waals surface area contributed by atoms with E-state index >= 15 is 0 Å². The zero-order chi connectivity index (χ0) is 19.1. The largest absolute Gasteiger partial charge is 0.294 e. The molecule has 0 fully saturated rings. The Balaban J connectivity index is 1.42. The molecule has 0 amide bonds. The van der Waals surface area contributed by atoms with Crippen LogP contribution in [0.1, 0.15) is 44.4 Å². The molecule has 0 saturated carbocycles. The van der Waals surface area contributed by atoms with Crippen molar-refractivity contribution in [2.75, 3.05) is 0 Å². The molecule has 1 aliphatic rings. The zero-order valence-electron chi connectivity index (χ0n) is 15.3. The van der Waals surface area contributed by atoms with Crippen molar-refractivity contribution in [3.8, 4) is 0 Å². The van der Waals surface area contributed by atoms with Crippen LogP contribution in [0.5, 0.6) is 0 Å². The predicted molar refractivity (Wildman–Crippen MR) is 111 cm³/mol. The number of Topliss-reactive ketones (excluding diaryl/α,β-unsaturated/α-hetero) is 1. The number of ketones is 1. The number of rotatable bonds is 4. The molecule has 0 radical (unpaired) electrons. The van der Waals surface area contributed by atoms with E-state index in [1.54, 1.807) is 33.8 Å². The number of thioether (sulfide) groups is 1. The van der Waals surface area contributed by atoms with Crippen LogP contribution < -0.4 is 0 Å². The van der Waals surface area contributed by atoms with Crippen LogP contribution in [0.15, 0.2) is 53.1 Å². The lowest BCUT2D eigenvalue weighted by atomic mass is 9.86. The molecule has 7 heteroatoms. The Hall–Kier alpha value is -2.51. The normalized spacial score (nSPS) is 16.5. The molecule has 1 unspecified atom stereocenters. The maximum absolute atomic E-state index is 12.7. The number of benzene rings is 1. The van der Waals surface area contributed by atoms with Crippen LogP contribution in [0, 0.1) is 6.92 Å². The molecule has 0 saturated heterocycles. The van der Waals surface area contributed by atoms with E-state index in [4.69, 9.17) is 0 Å². The van der Waals surface area contributed by atoms with Crippen LogP contribution in [0.2, 0.25) is 0 Å². The maximum Gasteiger partial charge on any atom is 0.253 e. The molecular formula is C21H18N4OS2. The van der Waals surface area contributed by atoms with Crippen LogP contribution in [0.25, 0.3) is 5.78 Å². The molecule has 28 heavy (non-hydrogen) atoms. The summed E-state index contributed by atoms with van der Waals surface area (Å²) in [6.45, 7) is 2.11. The molecule has 1 aliphatic carbocycles. The number of hydrogen-bond acceptors (Lipinski definition) is 6. The van der Waals surface area contributed by atoms with E-state index in [-0.39, 0.29) is 11.7 Å². The van der Waals surface area contributed by atoms with E-state index in [0.717, 1.165) is 17.9 Å². The average molecular weight is 407 g/mol. The highest BCUT2D eigenvalue weighted by Crippen LogP contribution is 2.34. The van der Waals surface area contributed by atoms with Crippen molar-refractivity contribution < 1.29 is 4.79 Å². The summed E-state index contributed by atoms with van der Waals surface area (Å²) < 4.78 is 1.64. The summed E-state index contributed by atoms with van der Waals surface area (Å²) in [7, 11) is 0. The molecule has 1 atom stereocenters. The highest BCUT2D eigenvalue weighted by Gasteiger charge is 2.29. The Morgan fingerprint density at radius 1 is 1.18 bits per heavy atom. The van der Waals surface area contributed by atoms with Gasteiger partial charge in [-0.1, -0.05) is 42.1 Å². The van der Waals surface area contributed by atoms with Gasteiger partial charge in [-0.05, 0) is 35.9 Å². The fraction of sp³-hybridized carbons (Fsp3) is 0.238. The van der Waals surface area contributed by atoms with E-state index in [9.17, 15) is 4.79 Å². The fourth-order valence-electron chi connectivity index (χ4n) is 3.56. The Kier molecular flexibility index (Phi) is 4.49. The summed E-state index contributed by atoms with van der Waals surface area (Å²) in [5.41, 5.74) is 4.05. The number of fused-ring (bicyclic) bond motifs is 2. The molecule has 0 N–H and O–H groups in total. The van der Waals surface area contributed by atoms with E-state index in [1.807, 2.05) is 18.2 Å². The molecule has 140 valence electrons. The summed E-state index contributed by atoms with van der Waals surface area (Å²) in [6.07, 6.45) is 3.11. The predicted octanol–water partition coefficient (Wildman–Crippen LogP) is 4.70. The lowest BCUT2D eigenvalue weighted by Gasteiger charge is -2.21. The summed E-state index contributed by atoms with van der Waals surface area (Å²) in [5.74, 6) is 1.72. The first-order chi connectivity index (χ1) is 13.7. The molecule has 4 aromatic rings. The Labute approximate surface area is 170 Å². The van der Waals surface area contributed by atoms with Gasteiger partial charge in [0.25, 0.3) is 5.78 Å². The second-order valence-corrected chi connectivity index (χ2v) is 8.92. The Morgan fingerprint density at radius 2 is 2.07 bits per heavy atom. The third-order valence-corrected chi connectivity index (χ3v) is 7.05. The summed E-state index contributed by atoms with van der Waals surface area (Å²) in [5, 5.41) is 7.26. The third kappa shape index (κ3) is 3.25. The fourth-order valence-corrected chi connectivity index (χ4v) is 5.30. The number of aryl methyl sites for hydroxylation is 1. The van der Waals surface area contributed by atoms with Crippen molar-refractivity contribution in [3.05, 3.63) is 75.2 Å². The van der Waals surface area contributed by atoms with Gasteiger partial charge in [-0.2, -0.15) is 4.98 Å². The first kappa shape index (κ1) is 17.6. The van der Waals surface area contributed by atoms with E-state index in [2.05, 4.69) is 45.6 Å². The Morgan fingerprint density at radius 3 is 2.89 bits per heavy atom. The quantitative estimate of drug-likeness (QED) is 0.460. The van der Waals surface area contributed by atoms with Crippen molar-refractivity contribution >= 4 is 34.7 Å². The van der Waals surface area contributed by atoms with Gasteiger partial charge in [-0.25, -0.2) is 9.50 Å². The van der Waals surface area contributed by atoms with E-state index < -0.39 is 0 Å². The summed E-state index contributed by atoms with van der Waals surface area (Å²) >= 11 is 3.29. The van der Waals surface area contributed by atoms with Crippen LogP contribution >= 0.6 is 23.1 Å². The van der Waals surface area contributed by atoms with E-state index in [0.29, 0.717) is 22.9 Å². The van der Waals surface area contributed by atoms with Gasteiger partial charge in [0.2, 0.25) is 5.16 Å². The van der Waals surface area contributed by atoms with Gasteiger partial charge in [0.15, 0.2) is 5.78 Å². The molecule has 5 rings (SSSR count). The monoisotopic (exact) mass is 406 g/mol. The lowest BCUT2D eigenvalue weighted by molar-refractivity contribution is 0.0963. The van der Waals surface area contributed by atoms with E-state index in [1.165, 1.54) is 16.0 Å². The standard InChI is InChI=1S/C21H18N4OS2/c1-13-5-2-3-6-14(13)12-28-21-23-20-22-17-9-15(19-7-4-8-27-19)10-18(26)16(17)11-25(20)24-21/h2-8,11,15H,9-10,12H2,1H3. The van der Waals surface area contributed by atoms with Gasteiger partial charge < -0.3 is 0 Å². The van der Waals surface area contributed by atoms with Gasteiger partial charge in [-0.3, -0.25) is 4.79 Å². The summed E-state index contributed by atoms with van der Waals surface area (Å²) in [4.78, 5) is 23.2. The van der Waals surface area contributed by atoms with Crippen LogP contribution in [0.3, 0.4) is 0 Å². The Bertz CT molecular complexity index is 1170. The van der Waals surface area contributed by atoms with Crippen LogP contribution in [-0.2, 0) is 12.2 Å². The number of carbonyl (C=O) groups is 1. The van der Waals surface area contributed by atoms with Crippen molar-refractivity contribution in [1.29, 1.82) is 0 Å². The maximum atomic E-state index is 12.7. The number of carbonyl (C=O) groups excluding carboxylic acids is 1. The number of hydrogen-bond donors (Lipinski definition) is 0. The highest BCUT2D eigenvalue weighted by atomic mass is 32.2. The van der Waals surface area contributed by atoms with Gasteiger partial charge in [0, 0.05) is 29.2 Å². The molecular weight excluding hydrogens is 388 g/mol. The lowest BCUT2D eigenvalue weighted by Crippen LogP contribution is -2.20. The average Bonchev–Trinajstić information content (AvgIpc) is 3.35. The molecule has 0 aliphatic heterocycles. The minimum Gasteiger partial charge on any atom is -0.294 e. The molecule has 0 bridgehead atoms. The molecule has 0 spiro atoms. The molecule has 5 nitrogen and oxygen atoms in total. The van der Waals surface area contributed by atoms with Crippen LogP contribution in [0.4, 0.5) is 0 Å². The highest BCUT2D eigenvalue weighted by molar-refractivity contribution is 7.98. The zero-order valence-corrected chi connectivity index (χ0v) is 17.0. The van der Waals surface area contributed by atoms with Crippen molar-refractivity contribution in [1.82, 2.24) is 19.6 Å². The minimum absolute atomic E-state index is 0.138. The molecule has 1 aromatic carbocycles. The van der Waals surface area contributed by atoms with Gasteiger partial charge >= 0.3 is 0 Å². The summed E-state index contributed by atoms with van der Waals surface area (Å²) in [6, 6.07) is 12.5. The van der Waals surface area contributed by atoms with Gasteiger partial charge in [-0.15, -0.1) is 16.4 Å². The number of thiophene rings is 1. The van der Waals surface area contributed by atoms with Gasteiger partial charge in [0.1, 0.15) is 0 Å². The first-order valence-electron chi connectivity index (χ1n) is 9.17. The molecule has 3 aromatic heterocycles.